The van der Waals surface area contributed by atoms with Crippen LogP contribution in [0.3, 0.4) is 0 Å². The van der Waals surface area contributed by atoms with Crippen LogP contribution in [0.2, 0.25) is 0 Å². The molecule has 0 saturated carbocycles. The third-order valence-electron chi connectivity index (χ3n) is 8.29. The predicted molar refractivity (Wildman–Crippen MR) is 182 cm³/mol. The first-order valence-corrected chi connectivity index (χ1v) is 14.9. The highest BCUT2D eigenvalue weighted by molar-refractivity contribution is 6.13. The Kier molecular flexibility index (Phi) is 5.74. The minimum atomic E-state index is 0.538. The SMILES string of the molecule is c1ccc(N(c2ccccc2)c2ccc3oc(-c4ccc5oc(-c6cc7ccccc7c7ccccc67)nc5c4)nc3c2)cc1. The third-order valence-corrected chi connectivity index (χ3v) is 8.29. The van der Waals surface area contributed by atoms with Crippen molar-refractivity contribution in [2.45, 2.75) is 0 Å². The number of fused-ring (bicyclic) bond motifs is 5. The molecule has 0 bridgehead atoms. The summed E-state index contributed by atoms with van der Waals surface area (Å²) in [5.41, 5.74) is 7.91. The van der Waals surface area contributed by atoms with Gasteiger partial charge >= 0.3 is 0 Å². The van der Waals surface area contributed by atoms with Crippen LogP contribution in [0.25, 0.3) is 66.7 Å². The van der Waals surface area contributed by atoms with E-state index < -0.39 is 0 Å². The average molecular weight is 580 g/mol. The third kappa shape index (κ3) is 4.33. The number of hydrogen-bond donors (Lipinski definition) is 0. The van der Waals surface area contributed by atoms with E-state index in [2.05, 4.69) is 95.9 Å². The molecule has 0 aliphatic rings. The fourth-order valence-corrected chi connectivity index (χ4v) is 6.19. The Bertz CT molecular complexity index is 2460. The summed E-state index contributed by atoms with van der Waals surface area (Å²) in [6.07, 6.45) is 0. The van der Waals surface area contributed by atoms with E-state index in [0.29, 0.717) is 17.4 Å². The number of anilines is 3. The molecule has 0 N–H and O–H groups in total. The lowest BCUT2D eigenvalue weighted by molar-refractivity contribution is 0.618. The minimum Gasteiger partial charge on any atom is -0.436 e. The van der Waals surface area contributed by atoms with E-state index in [1.807, 2.05) is 60.7 Å². The second-order valence-electron chi connectivity index (χ2n) is 11.1. The Morgan fingerprint density at radius 3 is 1.76 bits per heavy atom. The van der Waals surface area contributed by atoms with Crippen LogP contribution < -0.4 is 4.90 Å². The van der Waals surface area contributed by atoms with Crippen molar-refractivity contribution in [3.8, 4) is 22.9 Å². The molecule has 0 aliphatic carbocycles. The van der Waals surface area contributed by atoms with Gasteiger partial charge in [0.1, 0.15) is 11.0 Å². The Balaban J connectivity index is 1.11. The summed E-state index contributed by atoms with van der Waals surface area (Å²) in [5, 5.41) is 4.65. The molecule has 45 heavy (non-hydrogen) atoms. The van der Waals surface area contributed by atoms with E-state index in [0.717, 1.165) is 55.6 Å². The van der Waals surface area contributed by atoms with Gasteiger partial charge < -0.3 is 13.7 Å². The highest BCUT2D eigenvalue weighted by Crippen LogP contribution is 2.38. The smallest absolute Gasteiger partial charge is 0.227 e. The number of rotatable bonds is 5. The molecule has 9 aromatic rings. The molecule has 2 heterocycles. The molecular weight excluding hydrogens is 554 g/mol. The van der Waals surface area contributed by atoms with Gasteiger partial charge in [-0.25, -0.2) is 9.97 Å². The summed E-state index contributed by atoms with van der Waals surface area (Å²) in [6.45, 7) is 0. The number of nitrogens with zero attached hydrogens (tertiary/aromatic N) is 3. The summed E-state index contributed by atoms with van der Waals surface area (Å²) >= 11 is 0. The lowest BCUT2D eigenvalue weighted by atomic mass is 9.97. The van der Waals surface area contributed by atoms with E-state index in [4.69, 9.17) is 18.8 Å². The molecule has 5 nitrogen and oxygen atoms in total. The first kappa shape index (κ1) is 25.3. The zero-order chi connectivity index (χ0) is 29.7. The van der Waals surface area contributed by atoms with Crippen molar-refractivity contribution in [1.82, 2.24) is 9.97 Å². The number of benzene rings is 7. The van der Waals surface area contributed by atoms with Crippen LogP contribution in [0.4, 0.5) is 17.1 Å². The van der Waals surface area contributed by atoms with Crippen molar-refractivity contribution in [3.05, 3.63) is 152 Å². The predicted octanol–water partition coefficient (Wildman–Crippen LogP) is 11.1. The lowest BCUT2D eigenvalue weighted by Crippen LogP contribution is -2.09. The highest BCUT2D eigenvalue weighted by Gasteiger charge is 2.18. The largest absolute Gasteiger partial charge is 0.436 e. The van der Waals surface area contributed by atoms with Crippen LogP contribution in [0, 0.1) is 0 Å². The Hall–Kier alpha value is -6.20. The summed E-state index contributed by atoms with van der Waals surface area (Å²) in [7, 11) is 0. The maximum Gasteiger partial charge on any atom is 0.227 e. The van der Waals surface area contributed by atoms with Gasteiger partial charge in [0.2, 0.25) is 11.8 Å². The van der Waals surface area contributed by atoms with Crippen molar-refractivity contribution in [3.63, 3.8) is 0 Å². The van der Waals surface area contributed by atoms with Crippen LogP contribution in [0.1, 0.15) is 0 Å². The van der Waals surface area contributed by atoms with Gasteiger partial charge in [-0.15, -0.1) is 0 Å². The maximum absolute atomic E-state index is 6.32. The zero-order valence-electron chi connectivity index (χ0n) is 24.1. The number of oxazole rings is 2. The number of aromatic nitrogens is 2. The second-order valence-corrected chi connectivity index (χ2v) is 11.1. The van der Waals surface area contributed by atoms with Gasteiger partial charge in [-0.3, -0.25) is 0 Å². The van der Waals surface area contributed by atoms with Crippen LogP contribution in [0.5, 0.6) is 0 Å². The van der Waals surface area contributed by atoms with Gasteiger partial charge in [0.05, 0.1) is 0 Å². The first-order valence-electron chi connectivity index (χ1n) is 14.9. The number of para-hydroxylation sites is 2. The molecule has 7 aromatic carbocycles. The first-order chi connectivity index (χ1) is 22.3. The lowest BCUT2D eigenvalue weighted by Gasteiger charge is -2.25. The summed E-state index contributed by atoms with van der Waals surface area (Å²) in [4.78, 5) is 12.1. The minimum absolute atomic E-state index is 0.538. The molecule has 0 atom stereocenters. The Labute approximate surface area is 258 Å². The monoisotopic (exact) mass is 579 g/mol. The summed E-state index contributed by atoms with van der Waals surface area (Å²) in [5.74, 6) is 1.13. The molecular formula is C40H25N3O2. The van der Waals surface area contributed by atoms with Crippen LogP contribution in [0.15, 0.2) is 160 Å². The van der Waals surface area contributed by atoms with Gasteiger partial charge in [0.25, 0.3) is 0 Å². The average Bonchev–Trinajstić information content (AvgIpc) is 3.73. The van der Waals surface area contributed by atoms with Gasteiger partial charge in [-0.1, -0.05) is 84.9 Å². The van der Waals surface area contributed by atoms with Gasteiger partial charge in [0, 0.05) is 28.2 Å². The summed E-state index contributed by atoms with van der Waals surface area (Å²) in [6, 6.07) is 51.7. The van der Waals surface area contributed by atoms with E-state index in [1.54, 1.807) is 0 Å². The maximum atomic E-state index is 6.32. The molecule has 9 rings (SSSR count). The molecule has 0 spiro atoms. The molecule has 0 unspecified atom stereocenters. The van der Waals surface area contributed by atoms with Crippen molar-refractivity contribution < 1.29 is 8.83 Å². The number of hydrogen-bond acceptors (Lipinski definition) is 5. The van der Waals surface area contributed by atoms with E-state index >= 15 is 0 Å². The fourth-order valence-electron chi connectivity index (χ4n) is 6.19. The second kappa shape index (κ2) is 10.2. The fraction of sp³-hybridized carbons (Fsp3) is 0. The highest BCUT2D eigenvalue weighted by atomic mass is 16.4. The normalized spacial score (nSPS) is 11.6. The standard InChI is InChI=1S/C40H25N3O2/c1-3-12-28(13-4-1)43(29-14-5-2-6-15-29)30-20-22-38-36(25-30)41-39(44-38)27-19-21-37-35(24-27)42-40(45-37)34-23-26-11-7-8-16-31(26)32-17-9-10-18-33(32)34/h1-25H. The van der Waals surface area contributed by atoms with E-state index in [1.165, 1.54) is 10.8 Å². The molecule has 0 aliphatic heterocycles. The van der Waals surface area contributed by atoms with Crippen LogP contribution >= 0.6 is 0 Å². The zero-order valence-corrected chi connectivity index (χ0v) is 24.1. The van der Waals surface area contributed by atoms with Gasteiger partial charge in [0.15, 0.2) is 11.2 Å². The van der Waals surface area contributed by atoms with Crippen molar-refractivity contribution in [2.75, 3.05) is 4.90 Å². The van der Waals surface area contributed by atoms with Crippen molar-refractivity contribution in [2.24, 2.45) is 0 Å². The van der Waals surface area contributed by atoms with E-state index in [-0.39, 0.29) is 0 Å². The van der Waals surface area contributed by atoms with Crippen molar-refractivity contribution >= 4 is 60.8 Å². The van der Waals surface area contributed by atoms with Crippen LogP contribution in [-0.4, -0.2) is 9.97 Å². The van der Waals surface area contributed by atoms with Crippen molar-refractivity contribution in [1.29, 1.82) is 0 Å². The summed E-state index contributed by atoms with van der Waals surface area (Å²) < 4.78 is 12.6. The van der Waals surface area contributed by atoms with E-state index in [9.17, 15) is 0 Å². The Morgan fingerprint density at radius 1 is 0.422 bits per heavy atom. The molecule has 5 heteroatoms. The quantitative estimate of drug-likeness (QED) is 0.190. The molecule has 0 saturated heterocycles. The van der Waals surface area contributed by atoms with Gasteiger partial charge in [-0.2, -0.15) is 0 Å². The molecule has 0 radical (unpaired) electrons. The topological polar surface area (TPSA) is 55.3 Å². The van der Waals surface area contributed by atoms with Gasteiger partial charge in [-0.05, 0) is 88.3 Å². The molecule has 0 amide bonds. The molecule has 0 fully saturated rings. The Morgan fingerprint density at radius 2 is 1.00 bits per heavy atom. The molecule has 2 aromatic heterocycles. The van der Waals surface area contributed by atoms with Crippen LogP contribution in [-0.2, 0) is 0 Å². The molecule has 212 valence electrons.